The Morgan fingerprint density at radius 3 is 2.78 bits per heavy atom. The van der Waals surface area contributed by atoms with E-state index < -0.39 is 0 Å². The quantitative estimate of drug-likeness (QED) is 0.495. The summed E-state index contributed by atoms with van der Waals surface area (Å²) in [6, 6.07) is 11.0. The number of nitrogens with one attached hydrogen (secondary N) is 1. The third-order valence-electron chi connectivity index (χ3n) is 4.42. The van der Waals surface area contributed by atoms with Crippen molar-refractivity contribution in [3.63, 3.8) is 0 Å². The van der Waals surface area contributed by atoms with Crippen molar-refractivity contribution in [1.29, 1.82) is 0 Å². The number of benzene rings is 1. The third-order valence-corrected chi connectivity index (χ3v) is 5.52. The Balaban J connectivity index is 1.29. The van der Waals surface area contributed by atoms with Gasteiger partial charge in [-0.05, 0) is 30.7 Å². The topological polar surface area (TPSA) is 35.6 Å². The van der Waals surface area contributed by atoms with E-state index in [0.29, 0.717) is 6.04 Å². The summed E-state index contributed by atoms with van der Waals surface area (Å²) >= 11 is 1.84. The minimum atomic E-state index is 0.101. The van der Waals surface area contributed by atoms with Crippen LogP contribution in [0.2, 0.25) is 0 Å². The number of hydrogen-bond acceptors (Lipinski definition) is 3. The van der Waals surface area contributed by atoms with E-state index in [1.165, 1.54) is 4.90 Å². The van der Waals surface area contributed by atoms with E-state index in [2.05, 4.69) is 46.6 Å². The normalized spacial score (nSPS) is 21.0. The molecule has 2 aliphatic rings. The van der Waals surface area contributed by atoms with Crippen LogP contribution in [0.4, 0.5) is 4.79 Å². The maximum absolute atomic E-state index is 12.2. The van der Waals surface area contributed by atoms with Gasteiger partial charge in [-0.2, -0.15) is 0 Å². The molecule has 1 atom stereocenters. The van der Waals surface area contributed by atoms with Gasteiger partial charge in [-0.15, -0.1) is 11.8 Å². The van der Waals surface area contributed by atoms with Gasteiger partial charge in [-0.1, -0.05) is 30.4 Å². The summed E-state index contributed by atoms with van der Waals surface area (Å²) in [4.78, 5) is 17.9. The van der Waals surface area contributed by atoms with Gasteiger partial charge in [-0.3, -0.25) is 4.90 Å². The van der Waals surface area contributed by atoms with Gasteiger partial charge >= 0.3 is 6.03 Å². The zero-order chi connectivity index (χ0) is 15.9. The summed E-state index contributed by atoms with van der Waals surface area (Å²) in [5, 5.41) is 3.06. The SMILES string of the molecule is O=C(NCCCSc1ccccc1)N1CC[C@H](N2CC=CC2)C1. The molecule has 0 radical (unpaired) electrons. The molecular weight excluding hydrogens is 306 g/mol. The average molecular weight is 331 g/mol. The van der Waals surface area contributed by atoms with Gasteiger partial charge in [0.2, 0.25) is 0 Å². The molecule has 1 aromatic rings. The average Bonchev–Trinajstić information content (AvgIpc) is 3.26. The number of urea groups is 1. The summed E-state index contributed by atoms with van der Waals surface area (Å²) in [6.07, 6.45) is 6.53. The van der Waals surface area contributed by atoms with E-state index >= 15 is 0 Å². The molecular formula is C18H25N3OS. The van der Waals surface area contributed by atoms with Gasteiger partial charge in [0.15, 0.2) is 0 Å². The summed E-state index contributed by atoms with van der Waals surface area (Å²) < 4.78 is 0. The molecule has 0 spiro atoms. The zero-order valence-corrected chi connectivity index (χ0v) is 14.3. The largest absolute Gasteiger partial charge is 0.338 e. The molecule has 1 aromatic carbocycles. The van der Waals surface area contributed by atoms with E-state index in [9.17, 15) is 4.79 Å². The van der Waals surface area contributed by atoms with Crippen molar-refractivity contribution in [2.75, 3.05) is 38.5 Å². The number of likely N-dealkylation sites (tertiary alicyclic amines) is 1. The van der Waals surface area contributed by atoms with Crippen LogP contribution in [0.25, 0.3) is 0 Å². The van der Waals surface area contributed by atoms with E-state index in [0.717, 1.165) is 51.3 Å². The van der Waals surface area contributed by atoms with Crippen LogP contribution in [0.3, 0.4) is 0 Å². The Bertz CT molecular complexity index is 526. The van der Waals surface area contributed by atoms with Crippen LogP contribution < -0.4 is 5.32 Å². The number of rotatable bonds is 6. The van der Waals surface area contributed by atoms with Crippen molar-refractivity contribution in [2.24, 2.45) is 0 Å². The second-order valence-corrected chi connectivity index (χ2v) is 7.23. The van der Waals surface area contributed by atoms with Crippen LogP contribution in [-0.2, 0) is 0 Å². The van der Waals surface area contributed by atoms with Crippen molar-refractivity contribution in [3.05, 3.63) is 42.5 Å². The van der Waals surface area contributed by atoms with Crippen LogP contribution in [0.5, 0.6) is 0 Å². The monoisotopic (exact) mass is 331 g/mol. The van der Waals surface area contributed by atoms with Crippen molar-refractivity contribution < 1.29 is 4.79 Å². The van der Waals surface area contributed by atoms with Gasteiger partial charge in [0.1, 0.15) is 0 Å². The maximum atomic E-state index is 12.2. The first-order chi connectivity index (χ1) is 11.3. The van der Waals surface area contributed by atoms with Gasteiger partial charge in [0.05, 0.1) is 0 Å². The highest BCUT2D eigenvalue weighted by Crippen LogP contribution is 2.18. The molecule has 0 saturated carbocycles. The van der Waals surface area contributed by atoms with E-state index in [4.69, 9.17) is 0 Å². The molecule has 2 heterocycles. The first-order valence-corrected chi connectivity index (χ1v) is 9.41. The van der Waals surface area contributed by atoms with Crippen LogP contribution in [0.15, 0.2) is 47.4 Å². The second-order valence-electron chi connectivity index (χ2n) is 6.06. The number of carbonyl (C=O) groups excluding carboxylic acids is 1. The molecule has 124 valence electrons. The molecule has 1 saturated heterocycles. The summed E-state index contributed by atoms with van der Waals surface area (Å²) in [6.45, 7) is 4.58. The van der Waals surface area contributed by atoms with Crippen LogP contribution in [0, 0.1) is 0 Å². The highest BCUT2D eigenvalue weighted by molar-refractivity contribution is 7.99. The molecule has 5 heteroatoms. The lowest BCUT2D eigenvalue weighted by molar-refractivity contribution is 0.200. The van der Waals surface area contributed by atoms with E-state index in [1.807, 2.05) is 22.7 Å². The molecule has 2 aliphatic heterocycles. The Labute approximate surface area is 142 Å². The lowest BCUT2D eigenvalue weighted by atomic mass is 10.2. The molecule has 23 heavy (non-hydrogen) atoms. The summed E-state index contributed by atoms with van der Waals surface area (Å²) in [7, 11) is 0. The van der Waals surface area contributed by atoms with Crippen LogP contribution in [0.1, 0.15) is 12.8 Å². The van der Waals surface area contributed by atoms with Crippen LogP contribution >= 0.6 is 11.8 Å². The second kappa shape index (κ2) is 8.41. The summed E-state index contributed by atoms with van der Waals surface area (Å²) in [5.74, 6) is 1.03. The molecule has 0 aromatic heterocycles. The van der Waals surface area contributed by atoms with E-state index in [1.54, 1.807) is 0 Å². The van der Waals surface area contributed by atoms with Crippen molar-refractivity contribution in [1.82, 2.24) is 15.1 Å². The molecule has 0 unspecified atom stereocenters. The Hall–Kier alpha value is -1.46. The maximum Gasteiger partial charge on any atom is 0.317 e. The fourth-order valence-electron chi connectivity index (χ4n) is 3.10. The highest BCUT2D eigenvalue weighted by Gasteiger charge is 2.30. The fourth-order valence-corrected chi connectivity index (χ4v) is 3.98. The Morgan fingerprint density at radius 1 is 1.22 bits per heavy atom. The molecule has 3 rings (SSSR count). The first kappa shape index (κ1) is 16.4. The van der Waals surface area contributed by atoms with Crippen LogP contribution in [-0.4, -0.2) is 60.3 Å². The molecule has 0 bridgehead atoms. The Kier molecular flexibility index (Phi) is 6.00. The van der Waals surface area contributed by atoms with Gasteiger partial charge in [-0.25, -0.2) is 4.79 Å². The molecule has 0 aliphatic carbocycles. The fraction of sp³-hybridized carbons (Fsp3) is 0.500. The minimum absolute atomic E-state index is 0.101. The number of carbonyl (C=O) groups is 1. The minimum Gasteiger partial charge on any atom is -0.338 e. The van der Waals surface area contributed by atoms with Gasteiger partial charge < -0.3 is 10.2 Å². The Morgan fingerprint density at radius 2 is 2.00 bits per heavy atom. The molecule has 4 nitrogen and oxygen atoms in total. The van der Waals surface area contributed by atoms with Crippen molar-refractivity contribution in [2.45, 2.75) is 23.8 Å². The number of nitrogens with zero attached hydrogens (tertiary/aromatic N) is 2. The van der Waals surface area contributed by atoms with Gasteiger partial charge in [0.25, 0.3) is 0 Å². The third kappa shape index (κ3) is 4.75. The van der Waals surface area contributed by atoms with Gasteiger partial charge in [0, 0.05) is 43.7 Å². The van der Waals surface area contributed by atoms with Crippen molar-refractivity contribution in [3.8, 4) is 0 Å². The smallest absolute Gasteiger partial charge is 0.317 e. The molecule has 1 fully saturated rings. The number of hydrogen-bond donors (Lipinski definition) is 1. The lowest BCUT2D eigenvalue weighted by Crippen LogP contribution is -2.42. The standard InChI is InChI=1S/C18H25N3OS/c22-18(19-10-6-14-23-17-7-2-1-3-8-17)21-13-9-16(15-21)20-11-4-5-12-20/h1-5,7-8,16H,6,9-15H2,(H,19,22)/t16-/m0/s1. The molecule has 1 N–H and O–H groups in total. The van der Waals surface area contributed by atoms with Crippen molar-refractivity contribution >= 4 is 17.8 Å². The first-order valence-electron chi connectivity index (χ1n) is 8.42. The molecule has 2 amide bonds. The summed E-state index contributed by atoms with van der Waals surface area (Å²) in [5.41, 5.74) is 0. The highest BCUT2D eigenvalue weighted by atomic mass is 32.2. The van der Waals surface area contributed by atoms with E-state index in [-0.39, 0.29) is 6.03 Å². The number of thioether (sulfide) groups is 1. The lowest BCUT2D eigenvalue weighted by Gasteiger charge is -2.23. The predicted molar refractivity (Wildman–Crippen MR) is 95.9 cm³/mol. The predicted octanol–water partition coefficient (Wildman–Crippen LogP) is 2.82. The zero-order valence-electron chi connectivity index (χ0n) is 13.5. The number of amides is 2.